The molecule has 0 saturated heterocycles. The molecule has 0 aromatic heterocycles. The van der Waals surface area contributed by atoms with Gasteiger partial charge in [0, 0.05) is 15.7 Å². The molecule has 0 fully saturated rings. The van der Waals surface area contributed by atoms with Crippen molar-refractivity contribution in [1.82, 2.24) is 0 Å². The molecule has 0 aliphatic rings. The number of nitrogens with one attached hydrogen (secondary N) is 1. The van der Waals surface area contributed by atoms with Crippen molar-refractivity contribution in [3.8, 4) is 0 Å². The summed E-state index contributed by atoms with van der Waals surface area (Å²) in [5.41, 5.74) is 0.765. The second-order valence-corrected chi connectivity index (χ2v) is 5.91. The maximum Gasteiger partial charge on any atom is 0.340 e. The van der Waals surface area contributed by atoms with E-state index in [4.69, 9.17) is 27.9 Å². The van der Waals surface area contributed by atoms with Crippen LogP contribution in [0.15, 0.2) is 48.5 Å². The second kappa shape index (κ2) is 8.15. The van der Waals surface area contributed by atoms with Crippen LogP contribution in [0.3, 0.4) is 0 Å². The standard InChI is InChI=1S/C17H15Cl2NO4/c1-10(16(22)20-14-8-12(18)7-13(19)9-14)24-17(23)15(21)11-5-3-2-4-6-11/h2-10,15,21H,1H3,(H,20,22)/t10-,15+/m0/s1. The van der Waals surface area contributed by atoms with Crippen LogP contribution < -0.4 is 5.32 Å². The van der Waals surface area contributed by atoms with Gasteiger partial charge in [-0.1, -0.05) is 53.5 Å². The zero-order chi connectivity index (χ0) is 17.7. The van der Waals surface area contributed by atoms with Gasteiger partial charge >= 0.3 is 5.97 Å². The third-order valence-electron chi connectivity index (χ3n) is 3.13. The van der Waals surface area contributed by atoms with Gasteiger partial charge in [0.1, 0.15) is 0 Å². The van der Waals surface area contributed by atoms with Gasteiger partial charge in [0.2, 0.25) is 0 Å². The quantitative estimate of drug-likeness (QED) is 0.791. The van der Waals surface area contributed by atoms with Crippen LogP contribution in [0.4, 0.5) is 5.69 Å². The smallest absolute Gasteiger partial charge is 0.340 e. The van der Waals surface area contributed by atoms with Crippen molar-refractivity contribution in [2.75, 3.05) is 5.32 Å². The van der Waals surface area contributed by atoms with Crippen molar-refractivity contribution in [3.63, 3.8) is 0 Å². The molecule has 1 amide bonds. The van der Waals surface area contributed by atoms with Crippen LogP contribution >= 0.6 is 23.2 Å². The summed E-state index contributed by atoms with van der Waals surface area (Å²) in [4.78, 5) is 24.0. The third-order valence-corrected chi connectivity index (χ3v) is 3.57. The number of anilines is 1. The molecule has 2 N–H and O–H groups in total. The first-order valence-electron chi connectivity index (χ1n) is 7.07. The SMILES string of the molecule is C[C@H](OC(=O)[C@H](O)c1ccccc1)C(=O)Nc1cc(Cl)cc(Cl)c1. The van der Waals surface area contributed by atoms with Gasteiger partial charge in [-0.05, 0) is 30.7 Å². The van der Waals surface area contributed by atoms with Crippen molar-refractivity contribution in [3.05, 3.63) is 64.1 Å². The first-order chi connectivity index (χ1) is 11.4. The largest absolute Gasteiger partial charge is 0.450 e. The summed E-state index contributed by atoms with van der Waals surface area (Å²) >= 11 is 11.7. The number of carbonyl (C=O) groups excluding carboxylic acids is 2. The summed E-state index contributed by atoms with van der Waals surface area (Å²) in [6, 6.07) is 12.9. The van der Waals surface area contributed by atoms with Gasteiger partial charge in [-0.25, -0.2) is 4.79 Å². The Morgan fingerprint density at radius 3 is 2.25 bits per heavy atom. The van der Waals surface area contributed by atoms with Crippen LogP contribution in [0.1, 0.15) is 18.6 Å². The number of benzene rings is 2. The lowest BCUT2D eigenvalue weighted by molar-refractivity contribution is -0.162. The molecule has 126 valence electrons. The number of carbonyl (C=O) groups is 2. The highest BCUT2D eigenvalue weighted by Crippen LogP contribution is 2.23. The molecule has 7 heteroatoms. The highest BCUT2D eigenvalue weighted by molar-refractivity contribution is 6.35. The van der Waals surface area contributed by atoms with Gasteiger partial charge in [0.25, 0.3) is 5.91 Å². The van der Waals surface area contributed by atoms with E-state index in [2.05, 4.69) is 5.32 Å². The highest BCUT2D eigenvalue weighted by Gasteiger charge is 2.24. The molecule has 0 aliphatic carbocycles. The summed E-state index contributed by atoms with van der Waals surface area (Å²) in [6.07, 6.45) is -2.56. The van der Waals surface area contributed by atoms with Crippen LogP contribution in [0.5, 0.6) is 0 Å². The number of amides is 1. The minimum absolute atomic E-state index is 0.363. The molecule has 0 spiro atoms. The van der Waals surface area contributed by atoms with E-state index in [9.17, 15) is 14.7 Å². The number of aliphatic hydroxyl groups is 1. The lowest BCUT2D eigenvalue weighted by Gasteiger charge is -2.16. The van der Waals surface area contributed by atoms with E-state index in [0.29, 0.717) is 21.3 Å². The topological polar surface area (TPSA) is 75.6 Å². The normalized spacial score (nSPS) is 13.0. The highest BCUT2D eigenvalue weighted by atomic mass is 35.5. The van der Waals surface area contributed by atoms with Crippen molar-refractivity contribution < 1.29 is 19.4 Å². The zero-order valence-corrected chi connectivity index (χ0v) is 14.2. The third kappa shape index (κ3) is 4.96. The summed E-state index contributed by atoms with van der Waals surface area (Å²) in [5, 5.41) is 13.2. The Bertz CT molecular complexity index is 716. The Hall–Kier alpha value is -2.08. The molecule has 2 atom stereocenters. The Morgan fingerprint density at radius 2 is 1.67 bits per heavy atom. The maximum absolute atomic E-state index is 12.1. The van der Waals surface area contributed by atoms with Crippen LogP contribution in [-0.2, 0) is 14.3 Å². The molecule has 0 saturated carbocycles. The fourth-order valence-corrected chi connectivity index (χ4v) is 2.46. The van der Waals surface area contributed by atoms with E-state index in [1.807, 2.05) is 0 Å². The molecule has 0 unspecified atom stereocenters. The first kappa shape index (κ1) is 18.3. The van der Waals surface area contributed by atoms with Gasteiger partial charge < -0.3 is 15.2 Å². The number of esters is 1. The van der Waals surface area contributed by atoms with Gasteiger partial charge in [0.05, 0.1) is 0 Å². The Kier molecular flexibility index (Phi) is 6.20. The minimum Gasteiger partial charge on any atom is -0.450 e. The molecule has 0 aliphatic heterocycles. The predicted molar refractivity (Wildman–Crippen MR) is 92.0 cm³/mol. The average Bonchev–Trinajstić information content (AvgIpc) is 2.53. The number of halogens is 2. The van der Waals surface area contributed by atoms with Crippen LogP contribution in [0, 0.1) is 0 Å². The van der Waals surface area contributed by atoms with Crippen LogP contribution in [0.2, 0.25) is 10.0 Å². The maximum atomic E-state index is 12.1. The number of hydrogen-bond donors (Lipinski definition) is 2. The molecular weight excluding hydrogens is 353 g/mol. The van der Waals surface area contributed by atoms with Gasteiger partial charge in [-0.2, -0.15) is 0 Å². The average molecular weight is 368 g/mol. The van der Waals surface area contributed by atoms with Crippen molar-refractivity contribution in [2.24, 2.45) is 0 Å². The lowest BCUT2D eigenvalue weighted by Crippen LogP contribution is -2.31. The Labute approximate surface area is 149 Å². The van der Waals surface area contributed by atoms with Crippen molar-refractivity contribution in [2.45, 2.75) is 19.1 Å². The lowest BCUT2D eigenvalue weighted by atomic mass is 10.1. The zero-order valence-electron chi connectivity index (χ0n) is 12.7. The summed E-state index contributed by atoms with van der Waals surface area (Å²) in [7, 11) is 0. The fourth-order valence-electron chi connectivity index (χ4n) is 1.93. The number of rotatable bonds is 5. The summed E-state index contributed by atoms with van der Waals surface area (Å²) in [5.74, 6) is -1.48. The van der Waals surface area contributed by atoms with E-state index in [0.717, 1.165) is 0 Å². The summed E-state index contributed by atoms with van der Waals surface area (Å²) < 4.78 is 4.99. The van der Waals surface area contributed by atoms with E-state index in [1.165, 1.54) is 25.1 Å². The van der Waals surface area contributed by atoms with Gasteiger partial charge in [0.15, 0.2) is 12.2 Å². The van der Waals surface area contributed by atoms with E-state index in [-0.39, 0.29) is 0 Å². The van der Waals surface area contributed by atoms with Gasteiger partial charge in [-0.15, -0.1) is 0 Å². The van der Waals surface area contributed by atoms with Crippen molar-refractivity contribution in [1.29, 1.82) is 0 Å². The Balaban J connectivity index is 1.97. The Morgan fingerprint density at radius 1 is 1.08 bits per heavy atom. The molecule has 2 rings (SSSR count). The summed E-state index contributed by atoms with van der Waals surface area (Å²) in [6.45, 7) is 1.40. The molecule has 0 radical (unpaired) electrons. The van der Waals surface area contributed by atoms with E-state index in [1.54, 1.807) is 30.3 Å². The molecule has 2 aromatic rings. The molecular formula is C17H15Cl2NO4. The number of hydrogen-bond acceptors (Lipinski definition) is 4. The molecule has 24 heavy (non-hydrogen) atoms. The molecule has 0 bridgehead atoms. The molecule has 0 heterocycles. The van der Waals surface area contributed by atoms with E-state index < -0.39 is 24.1 Å². The van der Waals surface area contributed by atoms with Gasteiger partial charge in [-0.3, -0.25) is 4.79 Å². The minimum atomic E-state index is -1.46. The van der Waals surface area contributed by atoms with Crippen LogP contribution in [0.25, 0.3) is 0 Å². The molecule has 5 nitrogen and oxygen atoms in total. The van der Waals surface area contributed by atoms with E-state index >= 15 is 0 Å². The fraction of sp³-hybridized carbons (Fsp3) is 0.176. The van der Waals surface area contributed by atoms with Crippen LogP contribution in [-0.4, -0.2) is 23.1 Å². The monoisotopic (exact) mass is 367 g/mol. The van der Waals surface area contributed by atoms with Crippen molar-refractivity contribution >= 4 is 40.8 Å². The predicted octanol–water partition coefficient (Wildman–Crippen LogP) is 3.60. The first-order valence-corrected chi connectivity index (χ1v) is 7.83. The number of aliphatic hydroxyl groups excluding tert-OH is 1. The number of ether oxygens (including phenoxy) is 1. The second-order valence-electron chi connectivity index (χ2n) is 5.04. The molecule has 2 aromatic carbocycles.